The third-order valence-electron chi connectivity index (χ3n) is 4.80. The molecule has 1 saturated carbocycles. The Bertz CT molecular complexity index is 693. The van der Waals surface area contributed by atoms with Gasteiger partial charge in [-0.15, -0.1) is 0 Å². The fraction of sp³-hybridized carbons (Fsp3) is 0.526. The van der Waals surface area contributed by atoms with E-state index in [1.165, 1.54) is 24.3 Å². The first-order valence-electron chi connectivity index (χ1n) is 9.11. The van der Waals surface area contributed by atoms with Gasteiger partial charge < -0.3 is 10.1 Å². The summed E-state index contributed by atoms with van der Waals surface area (Å²) in [6.45, 7) is 2.01. The molecule has 1 aliphatic carbocycles. The van der Waals surface area contributed by atoms with Crippen LogP contribution in [0, 0.1) is 22.0 Å². The zero-order valence-corrected chi connectivity index (χ0v) is 15.3. The summed E-state index contributed by atoms with van der Waals surface area (Å²) in [5, 5.41) is 13.3. The van der Waals surface area contributed by atoms with Gasteiger partial charge in [0.2, 0.25) is 5.91 Å². The molecule has 1 aromatic rings. The van der Waals surface area contributed by atoms with Crippen LogP contribution in [0.25, 0.3) is 0 Å². The van der Waals surface area contributed by atoms with Gasteiger partial charge in [0.25, 0.3) is 5.69 Å². The molecule has 0 atom stereocenters. The minimum atomic E-state index is -0.533. The van der Waals surface area contributed by atoms with E-state index in [1.807, 2.05) is 0 Å². The van der Waals surface area contributed by atoms with Crippen molar-refractivity contribution in [2.45, 2.75) is 39.0 Å². The Morgan fingerprint density at radius 1 is 1.15 bits per heavy atom. The summed E-state index contributed by atoms with van der Waals surface area (Å²) in [7, 11) is 0. The van der Waals surface area contributed by atoms with E-state index in [-0.39, 0.29) is 41.7 Å². The van der Waals surface area contributed by atoms with Gasteiger partial charge in [-0.3, -0.25) is 24.5 Å². The molecule has 8 nitrogen and oxygen atoms in total. The predicted octanol–water partition coefficient (Wildman–Crippen LogP) is 2.65. The van der Waals surface area contributed by atoms with Gasteiger partial charge in [0.15, 0.2) is 5.78 Å². The van der Waals surface area contributed by atoms with Gasteiger partial charge >= 0.3 is 5.97 Å². The number of ketones is 1. The van der Waals surface area contributed by atoms with E-state index in [9.17, 15) is 24.5 Å². The minimum absolute atomic E-state index is 0.0878. The number of hydrogen-bond donors (Lipinski definition) is 1. The molecule has 8 heteroatoms. The van der Waals surface area contributed by atoms with Crippen molar-refractivity contribution in [3.63, 3.8) is 0 Å². The molecule has 27 heavy (non-hydrogen) atoms. The summed E-state index contributed by atoms with van der Waals surface area (Å²) in [6.07, 6.45) is 3.32. The number of nitro benzene ring substituents is 1. The molecule has 0 bridgehead atoms. The van der Waals surface area contributed by atoms with Crippen LogP contribution >= 0.6 is 0 Å². The van der Waals surface area contributed by atoms with E-state index in [4.69, 9.17) is 4.74 Å². The quantitative estimate of drug-likeness (QED) is 0.323. The summed E-state index contributed by atoms with van der Waals surface area (Å²) >= 11 is 0. The molecule has 0 spiro atoms. The molecule has 0 saturated heterocycles. The first-order chi connectivity index (χ1) is 12.9. The first kappa shape index (κ1) is 20.5. The van der Waals surface area contributed by atoms with E-state index in [2.05, 4.69) is 5.32 Å². The number of hydrogen-bond acceptors (Lipinski definition) is 6. The summed E-state index contributed by atoms with van der Waals surface area (Å²) < 4.78 is 4.95. The van der Waals surface area contributed by atoms with Crippen molar-refractivity contribution in [3.05, 3.63) is 39.9 Å². The van der Waals surface area contributed by atoms with Crippen LogP contribution in [-0.2, 0) is 14.3 Å². The van der Waals surface area contributed by atoms with Crippen LogP contribution in [0.4, 0.5) is 5.69 Å². The van der Waals surface area contributed by atoms with Gasteiger partial charge in [0, 0.05) is 30.0 Å². The number of amides is 1. The zero-order chi connectivity index (χ0) is 19.8. The van der Waals surface area contributed by atoms with Crippen LogP contribution in [0.5, 0.6) is 0 Å². The molecular weight excluding hydrogens is 352 g/mol. The average Bonchev–Trinajstić information content (AvgIpc) is 2.66. The third-order valence-corrected chi connectivity index (χ3v) is 4.80. The molecule has 0 aliphatic heterocycles. The molecule has 0 heterocycles. The Kier molecular flexibility index (Phi) is 7.45. The van der Waals surface area contributed by atoms with Crippen molar-refractivity contribution in [2.75, 3.05) is 13.2 Å². The number of non-ortho nitro benzene ring substituents is 1. The maximum absolute atomic E-state index is 12.3. The fourth-order valence-electron chi connectivity index (χ4n) is 3.27. The van der Waals surface area contributed by atoms with Gasteiger partial charge in [-0.1, -0.05) is 0 Å². The number of nitrogens with one attached hydrogen (secondary N) is 1. The van der Waals surface area contributed by atoms with Crippen molar-refractivity contribution in [2.24, 2.45) is 11.8 Å². The first-order valence-corrected chi connectivity index (χ1v) is 9.11. The third kappa shape index (κ3) is 6.16. The predicted molar refractivity (Wildman–Crippen MR) is 97.1 cm³/mol. The highest BCUT2D eigenvalue weighted by atomic mass is 16.6. The number of benzene rings is 1. The molecule has 1 N–H and O–H groups in total. The largest absolute Gasteiger partial charge is 0.466 e. The van der Waals surface area contributed by atoms with E-state index in [0.717, 1.165) is 12.8 Å². The van der Waals surface area contributed by atoms with Crippen LogP contribution in [0.3, 0.4) is 0 Å². The van der Waals surface area contributed by atoms with Gasteiger partial charge in [-0.25, -0.2) is 0 Å². The Morgan fingerprint density at radius 2 is 1.78 bits per heavy atom. The Labute approximate surface area is 157 Å². The number of carbonyl (C=O) groups excluding carboxylic acids is 3. The van der Waals surface area contributed by atoms with E-state index in [1.54, 1.807) is 6.92 Å². The molecule has 0 aromatic heterocycles. The van der Waals surface area contributed by atoms with Crippen LogP contribution in [0.2, 0.25) is 0 Å². The van der Waals surface area contributed by atoms with Gasteiger partial charge in [0.05, 0.1) is 18.1 Å². The lowest BCUT2D eigenvalue weighted by atomic mass is 9.80. The van der Waals surface area contributed by atoms with Crippen LogP contribution in [0.1, 0.15) is 49.4 Å². The molecule has 1 aromatic carbocycles. The monoisotopic (exact) mass is 376 g/mol. The summed E-state index contributed by atoms with van der Waals surface area (Å²) in [4.78, 5) is 46.0. The molecule has 1 fully saturated rings. The minimum Gasteiger partial charge on any atom is -0.466 e. The molecular formula is C19H24N2O6. The Morgan fingerprint density at radius 3 is 2.33 bits per heavy atom. The second kappa shape index (κ2) is 9.80. The van der Waals surface area contributed by atoms with Crippen LogP contribution in [-0.4, -0.2) is 35.7 Å². The second-order valence-electron chi connectivity index (χ2n) is 6.67. The lowest BCUT2D eigenvalue weighted by Gasteiger charge is -2.27. The zero-order valence-electron chi connectivity index (χ0n) is 15.3. The van der Waals surface area contributed by atoms with E-state index >= 15 is 0 Å². The van der Waals surface area contributed by atoms with Crippen molar-refractivity contribution in [3.8, 4) is 0 Å². The maximum atomic E-state index is 12.3. The Balaban J connectivity index is 1.75. The SMILES string of the molecule is CCOC(=O)CC1CCC(C(=O)NCC(=O)c2ccc([N+](=O)[O-])cc2)CC1. The number of ether oxygens (including phenoxy) is 1. The number of Topliss-reactive ketones (excluding diaryl/α,β-unsaturated/α-hetero) is 1. The summed E-state index contributed by atoms with van der Waals surface area (Å²) in [5.41, 5.74) is 0.231. The standard InChI is InChI=1S/C19H24N2O6/c1-2-27-18(23)11-13-3-5-15(6-4-13)19(24)20-12-17(22)14-7-9-16(10-8-14)21(25)26/h7-10,13,15H,2-6,11-12H2,1H3,(H,20,24). The average molecular weight is 376 g/mol. The van der Waals surface area contributed by atoms with Crippen molar-refractivity contribution < 1.29 is 24.0 Å². The molecule has 2 rings (SSSR count). The number of nitro groups is 1. The van der Waals surface area contributed by atoms with Gasteiger partial charge in [-0.2, -0.15) is 0 Å². The van der Waals surface area contributed by atoms with Gasteiger partial charge in [0.1, 0.15) is 0 Å². The number of rotatable bonds is 8. The molecule has 0 radical (unpaired) electrons. The van der Waals surface area contributed by atoms with Gasteiger partial charge in [-0.05, 0) is 50.7 Å². The topological polar surface area (TPSA) is 116 Å². The highest BCUT2D eigenvalue weighted by molar-refractivity contribution is 5.99. The summed E-state index contributed by atoms with van der Waals surface area (Å²) in [5.74, 6) is -0.573. The summed E-state index contributed by atoms with van der Waals surface area (Å²) in [6, 6.07) is 5.29. The van der Waals surface area contributed by atoms with Crippen LogP contribution in [0.15, 0.2) is 24.3 Å². The lowest BCUT2D eigenvalue weighted by Crippen LogP contribution is -2.36. The van der Waals surface area contributed by atoms with Crippen molar-refractivity contribution >= 4 is 23.3 Å². The highest BCUT2D eigenvalue weighted by Gasteiger charge is 2.28. The van der Waals surface area contributed by atoms with Crippen molar-refractivity contribution in [1.29, 1.82) is 0 Å². The van der Waals surface area contributed by atoms with E-state index < -0.39 is 4.92 Å². The number of carbonyl (C=O) groups is 3. The number of esters is 1. The molecule has 1 amide bonds. The highest BCUT2D eigenvalue weighted by Crippen LogP contribution is 2.31. The maximum Gasteiger partial charge on any atom is 0.306 e. The molecule has 0 unspecified atom stereocenters. The molecule has 1 aliphatic rings. The molecule has 146 valence electrons. The van der Waals surface area contributed by atoms with Crippen LogP contribution < -0.4 is 5.32 Å². The smallest absolute Gasteiger partial charge is 0.306 e. The fourth-order valence-corrected chi connectivity index (χ4v) is 3.27. The van der Waals surface area contributed by atoms with E-state index in [0.29, 0.717) is 31.4 Å². The lowest BCUT2D eigenvalue weighted by molar-refractivity contribution is -0.384. The second-order valence-corrected chi connectivity index (χ2v) is 6.67. The Hall–Kier alpha value is -2.77. The van der Waals surface area contributed by atoms with Crippen molar-refractivity contribution in [1.82, 2.24) is 5.32 Å². The number of nitrogens with zero attached hydrogens (tertiary/aromatic N) is 1. The normalized spacial score (nSPS) is 19.1.